The van der Waals surface area contributed by atoms with Crippen LogP contribution >= 0.6 is 7.82 Å². The number of carbonyl (C=O) groups is 2. The van der Waals surface area contributed by atoms with Crippen LogP contribution in [-0.2, 0) is 32.7 Å². The van der Waals surface area contributed by atoms with Gasteiger partial charge in [-0.3, -0.25) is 18.6 Å². The smallest absolute Gasteiger partial charge is 0.462 e. The van der Waals surface area contributed by atoms with Gasteiger partial charge in [0, 0.05) is 12.8 Å². The highest BCUT2D eigenvalue weighted by Crippen LogP contribution is 2.47. The Morgan fingerprint density at radius 3 is 1.44 bits per heavy atom. The molecule has 0 bridgehead atoms. The Balaban J connectivity index is 2.49. The summed E-state index contributed by atoms with van der Waals surface area (Å²) in [6.07, 6.45) is 26.3. The fourth-order valence-corrected chi connectivity index (χ4v) is 7.70. The van der Waals surface area contributed by atoms with Crippen molar-refractivity contribution in [2.45, 2.75) is 224 Å². The van der Waals surface area contributed by atoms with Crippen molar-refractivity contribution in [1.82, 2.24) is 0 Å². The van der Waals surface area contributed by atoms with E-state index in [0.717, 1.165) is 70.6 Å². The zero-order valence-corrected chi connectivity index (χ0v) is 37.2. The third kappa shape index (κ3) is 28.3. The van der Waals surface area contributed by atoms with Crippen molar-refractivity contribution in [3.8, 4) is 0 Å². The number of esters is 2. The van der Waals surface area contributed by atoms with Crippen LogP contribution in [0.5, 0.6) is 0 Å². The summed E-state index contributed by atoms with van der Waals surface area (Å²) in [7, 11) is -5.12. The number of phosphoric acid groups is 1. The number of hydrogen-bond acceptors (Lipinski definition) is 12. The first kappa shape index (κ1) is 55.1. The van der Waals surface area contributed by atoms with E-state index in [-0.39, 0.29) is 12.8 Å². The van der Waals surface area contributed by atoms with Gasteiger partial charge in [-0.05, 0) is 70.6 Å². The van der Waals surface area contributed by atoms with Gasteiger partial charge in [-0.2, -0.15) is 0 Å². The van der Waals surface area contributed by atoms with Gasteiger partial charge in [-0.1, -0.05) is 134 Å². The van der Waals surface area contributed by atoms with E-state index in [4.69, 9.17) is 18.5 Å². The predicted molar refractivity (Wildman–Crippen MR) is 230 cm³/mol. The van der Waals surface area contributed by atoms with Gasteiger partial charge in [0.2, 0.25) is 0 Å². The lowest BCUT2D eigenvalue weighted by Gasteiger charge is -2.41. The fraction of sp³-hybridized carbons (Fsp3) is 0.822. The molecule has 14 heteroatoms. The Kier molecular flexibility index (Phi) is 33.3. The maximum absolute atomic E-state index is 12.8. The monoisotopic (exact) mass is 861 g/mol. The van der Waals surface area contributed by atoms with Gasteiger partial charge in [0.1, 0.15) is 43.2 Å². The molecular weight excluding hydrogens is 779 g/mol. The van der Waals surface area contributed by atoms with Crippen LogP contribution < -0.4 is 0 Å². The number of carbonyl (C=O) groups excluding carboxylic acids is 2. The second-order valence-corrected chi connectivity index (χ2v) is 17.3. The molecule has 0 saturated heterocycles. The zero-order chi connectivity index (χ0) is 43.6. The third-order valence-electron chi connectivity index (χ3n) is 10.5. The van der Waals surface area contributed by atoms with Gasteiger partial charge >= 0.3 is 19.8 Å². The zero-order valence-electron chi connectivity index (χ0n) is 36.3. The van der Waals surface area contributed by atoms with E-state index in [2.05, 4.69) is 50.3 Å². The van der Waals surface area contributed by atoms with Gasteiger partial charge in [-0.15, -0.1) is 0 Å². The number of phosphoric ester groups is 1. The van der Waals surface area contributed by atoms with E-state index < -0.39 is 75.7 Å². The molecule has 1 aliphatic carbocycles. The van der Waals surface area contributed by atoms with Crippen LogP contribution in [0.25, 0.3) is 0 Å². The molecule has 6 N–H and O–H groups in total. The topological polar surface area (TPSA) is 210 Å². The summed E-state index contributed by atoms with van der Waals surface area (Å²) >= 11 is 0. The van der Waals surface area contributed by atoms with E-state index >= 15 is 0 Å². The van der Waals surface area contributed by atoms with E-state index in [1.165, 1.54) is 70.6 Å². The lowest BCUT2D eigenvalue weighted by atomic mass is 9.85. The molecule has 0 heterocycles. The van der Waals surface area contributed by atoms with Crippen molar-refractivity contribution >= 4 is 19.8 Å². The second-order valence-electron chi connectivity index (χ2n) is 15.9. The van der Waals surface area contributed by atoms with Gasteiger partial charge in [-0.25, -0.2) is 4.57 Å². The molecule has 0 radical (unpaired) electrons. The summed E-state index contributed by atoms with van der Waals surface area (Å²) in [6.45, 7) is 3.24. The first-order chi connectivity index (χ1) is 28.4. The van der Waals surface area contributed by atoms with Crippen LogP contribution in [-0.4, -0.2) is 98.3 Å². The predicted octanol–water partition coefficient (Wildman–Crippen LogP) is 8.61. The largest absolute Gasteiger partial charge is 0.472 e. The maximum atomic E-state index is 12.8. The standard InChI is InChI=1S/C45H81O13P/c1-3-5-7-9-11-13-15-17-19-21-23-25-27-29-31-33-38(46)55-35-37(36-56-59(53,54)58-45-43(51)41(49)40(48)42(50)44(45)52)57-39(47)34-32-30-28-26-24-22-20-18-16-14-12-10-8-6-4-2/h11,13,17,19,22,24,37,40-45,48-52H,3-10,12,14-16,18,20-21,23,25-36H2,1-2H3,(H,53,54)/b13-11+,19-17+,24-22+/t37-,40?,41-,42?,43?,44?,45?/m1/s1. The van der Waals surface area contributed by atoms with Crippen LogP contribution in [0.4, 0.5) is 0 Å². The average molecular weight is 861 g/mol. The average Bonchev–Trinajstić information content (AvgIpc) is 3.21. The molecule has 0 aromatic rings. The van der Waals surface area contributed by atoms with Gasteiger partial charge < -0.3 is 39.9 Å². The third-order valence-corrected chi connectivity index (χ3v) is 11.4. The first-order valence-electron chi connectivity index (χ1n) is 22.8. The Morgan fingerprint density at radius 1 is 0.525 bits per heavy atom. The minimum atomic E-state index is -5.12. The minimum Gasteiger partial charge on any atom is -0.462 e. The summed E-state index contributed by atoms with van der Waals surface area (Å²) in [5, 5.41) is 50.1. The quantitative estimate of drug-likeness (QED) is 0.0150. The van der Waals surface area contributed by atoms with Gasteiger partial charge in [0.25, 0.3) is 0 Å². The summed E-state index contributed by atoms with van der Waals surface area (Å²) in [4.78, 5) is 35.6. The Hall–Kier alpha value is -1.93. The molecule has 13 nitrogen and oxygen atoms in total. The van der Waals surface area contributed by atoms with Crippen molar-refractivity contribution in [2.75, 3.05) is 13.2 Å². The van der Waals surface area contributed by atoms with E-state index in [0.29, 0.717) is 12.8 Å². The maximum Gasteiger partial charge on any atom is 0.472 e. The fourth-order valence-electron chi connectivity index (χ4n) is 6.72. The molecule has 0 aromatic carbocycles. The number of ether oxygens (including phenoxy) is 2. The first-order valence-corrected chi connectivity index (χ1v) is 24.3. The molecule has 0 aliphatic heterocycles. The molecule has 0 aromatic heterocycles. The number of aliphatic hydroxyl groups excluding tert-OH is 5. The van der Waals surface area contributed by atoms with Crippen molar-refractivity contribution in [3.63, 3.8) is 0 Å². The number of rotatable bonds is 37. The second kappa shape index (κ2) is 35.6. The highest BCUT2D eigenvalue weighted by atomic mass is 31.2. The molecule has 6 unspecified atom stereocenters. The van der Waals surface area contributed by atoms with Crippen LogP contribution in [0.3, 0.4) is 0 Å². The van der Waals surface area contributed by atoms with Crippen LogP contribution in [0.1, 0.15) is 181 Å². The van der Waals surface area contributed by atoms with Gasteiger partial charge in [0.05, 0.1) is 6.61 Å². The van der Waals surface area contributed by atoms with Crippen LogP contribution in [0.2, 0.25) is 0 Å². The van der Waals surface area contributed by atoms with Crippen molar-refractivity contribution in [1.29, 1.82) is 0 Å². The highest BCUT2D eigenvalue weighted by Gasteiger charge is 2.51. The normalized spacial score (nSPS) is 22.6. The number of hydrogen-bond donors (Lipinski definition) is 6. The van der Waals surface area contributed by atoms with Crippen molar-refractivity contribution in [2.24, 2.45) is 0 Å². The molecular formula is C45H81O13P. The highest BCUT2D eigenvalue weighted by molar-refractivity contribution is 7.47. The molecule has 59 heavy (non-hydrogen) atoms. The molecule has 0 spiro atoms. The Morgan fingerprint density at radius 2 is 0.915 bits per heavy atom. The van der Waals surface area contributed by atoms with E-state index in [1.807, 2.05) is 0 Å². The number of unbranched alkanes of at least 4 members (excludes halogenated alkanes) is 19. The summed E-state index contributed by atoms with van der Waals surface area (Å²) in [5.41, 5.74) is 0. The van der Waals surface area contributed by atoms with Gasteiger partial charge in [0.15, 0.2) is 6.10 Å². The minimum absolute atomic E-state index is 0.0736. The van der Waals surface area contributed by atoms with Crippen LogP contribution in [0, 0.1) is 0 Å². The summed E-state index contributed by atoms with van der Waals surface area (Å²) in [5.74, 6) is -1.13. The number of aliphatic hydroxyl groups is 5. The summed E-state index contributed by atoms with van der Waals surface area (Å²) in [6, 6.07) is 0. The molecule has 1 fully saturated rings. The lowest BCUT2D eigenvalue weighted by molar-refractivity contribution is -0.220. The van der Waals surface area contributed by atoms with E-state index in [1.54, 1.807) is 0 Å². The Bertz CT molecular complexity index is 1180. The Labute approximate surface area is 355 Å². The molecule has 8 atom stereocenters. The van der Waals surface area contributed by atoms with E-state index in [9.17, 15) is 44.6 Å². The van der Waals surface area contributed by atoms with Crippen molar-refractivity contribution < 1.29 is 63.1 Å². The number of allylic oxidation sites excluding steroid dienone is 6. The molecule has 1 rings (SSSR count). The molecule has 0 amide bonds. The SMILES string of the molecule is CCCCC/C=C/C/C=C/CCCCCCCC(=O)OC[C@H](COP(=O)(O)OC1C(O)C(O)C(O)[C@@H](O)C1O)OC(=O)CCCCC/C=C/CCCCCCCCCC. The molecule has 1 saturated carbocycles. The van der Waals surface area contributed by atoms with Crippen LogP contribution in [0.15, 0.2) is 36.5 Å². The lowest BCUT2D eigenvalue weighted by Crippen LogP contribution is -2.64. The van der Waals surface area contributed by atoms with Crippen molar-refractivity contribution in [3.05, 3.63) is 36.5 Å². The molecule has 1 aliphatic rings. The molecule has 344 valence electrons. The summed E-state index contributed by atoms with van der Waals surface area (Å²) < 4.78 is 33.5.